The molecule has 0 saturated heterocycles. The number of alkyl halides is 3. The lowest BCUT2D eigenvalue weighted by atomic mass is 9.96. The molecule has 0 bridgehead atoms. The van der Waals surface area contributed by atoms with Crippen LogP contribution in [0.15, 0.2) is 73.2 Å². The van der Waals surface area contributed by atoms with Crippen molar-refractivity contribution in [3.05, 3.63) is 75.6 Å². The van der Waals surface area contributed by atoms with Crippen molar-refractivity contribution < 1.29 is 22.7 Å². The van der Waals surface area contributed by atoms with Crippen LogP contribution >= 0.6 is 23.1 Å². The fourth-order valence-corrected chi connectivity index (χ4v) is 6.08. The van der Waals surface area contributed by atoms with E-state index in [4.69, 9.17) is 4.42 Å². The Morgan fingerprint density at radius 3 is 2.64 bits per heavy atom. The zero-order chi connectivity index (χ0) is 23.4. The summed E-state index contributed by atoms with van der Waals surface area (Å²) < 4.78 is 46.6. The minimum absolute atomic E-state index is 0.200. The lowest BCUT2D eigenvalue weighted by Gasteiger charge is -2.29. The fraction of sp³-hybridized carbons (Fsp3) is 0.250. The van der Waals surface area contributed by atoms with Crippen molar-refractivity contribution in [2.45, 2.75) is 40.8 Å². The van der Waals surface area contributed by atoms with Crippen molar-refractivity contribution in [2.24, 2.45) is 5.92 Å². The van der Waals surface area contributed by atoms with Crippen molar-refractivity contribution in [3.63, 3.8) is 0 Å². The molecule has 4 nitrogen and oxygen atoms in total. The van der Waals surface area contributed by atoms with Crippen molar-refractivity contribution in [2.75, 3.05) is 0 Å². The van der Waals surface area contributed by atoms with E-state index in [-0.39, 0.29) is 4.88 Å². The summed E-state index contributed by atoms with van der Waals surface area (Å²) in [6.45, 7) is 1.97. The molecule has 1 atom stereocenters. The topological polar surface area (TPSA) is 63.3 Å². The molecule has 0 radical (unpaired) electrons. The molecule has 33 heavy (non-hydrogen) atoms. The molecule has 1 saturated carbocycles. The Morgan fingerprint density at radius 1 is 1.15 bits per heavy atom. The number of benzene rings is 2. The molecule has 1 aliphatic rings. The average Bonchev–Trinajstić information content (AvgIpc) is 3.51. The van der Waals surface area contributed by atoms with Crippen LogP contribution in [0.2, 0.25) is 0 Å². The Hall–Kier alpha value is -2.62. The van der Waals surface area contributed by atoms with Crippen LogP contribution in [0, 0.1) is 12.8 Å². The van der Waals surface area contributed by atoms with Crippen LogP contribution in [0.1, 0.15) is 23.3 Å². The second-order valence-electron chi connectivity index (χ2n) is 8.14. The molecule has 1 fully saturated rings. The summed E-state index contributed by atoms with van der Waals surface area (Å²) in [5.41, 5.74) is -0.266. The first-order chi connectivity index (χ1) is 15.6. The van der Waals surface area contributed by atoms with Gasteiger partial charge in [-0.2, -0.15) is 13.2 Å². The quantitative estimate of drug-likeness (QED) is 0.323. The van der Waals surface area contributed by atoms with Gasteiger partial charge in [0.25, 0.3) is 0 Å². The number of nitrogens with zero attached hydrogens (tertiary/aromatic N) is 1. The van der Waals surface area contributed by atoms with Crippen LogP contribution in [0.5, 0.6) is 0 Å². The van der Waals surface area contributed by atoms with Gasteiger partial charge in [0.15, 0.2) is 9.94 Å². The van der Waals surface area contributed by atoms with E-state index in [1.165, 1.54) is 6.07 Å². The highest BCUT2D eigenvalue weighted by Crippen LogP contribution is 2.55. The highest BCUT2D eigenvalue weighted by atomic mass is 32.2. The van der Waals surface area contributed by atoms with Crippen molar-refractivity contribution in [3.8, 4) is 11.1 Å². The minimum Gasteiger partial charge on any atom is -0.423 e. The van der Waals surface area contributed by atoms with Gasteiger partial charge in [-0.05, 0) is 49.1 Å². The van der Waals surface area contributed by atoms with E-state index in [0.29, 0.717) is 27.7 Å². The summed E-state index contributed by atoms with van der Waals surface area (Å²) >= 11 is 1.99. The zero-order valence-electron chi connectivity index (χ0n) is 17.3. The molecule has 2 aromatic heterocycles. The molecule has 2 aromatic carbocycles. The van der Waals surface area contributed by atoms with E-state index in [2.05, 4.69) is 4.98 Å². The van der Waals surface area contributed by atoms with E-state index in [1.807, 2.05) is 43.3 Å². The van der Waals surface area contributed by atoms with Crippen molar-refractivity contribution in [1.82, 2.24) is 4.98 Å². The van der Waals surface area contributed by atoms with E-state index < -0.39 is 23.3 Å². The first-order valence-corrected chi connectivity index (χ1v) is 11.9. The summed E-state index contributed by atoms with van der Waals surface area (Å²) in [4.78, 5) is 16.8. The predicted molar refractivity (Wildman–Crippen MR) is 122 cm³/mol. The number of aliphatic hydroxyl groups is 1. The molecule has 170 valence electrons. The third kappa shape index (κ3) is 4.09. The van der Waals surface area contributed by atoms with Crippen LogP contribution in [0.3, 0.4) is 0 Å². The van der Waals surface area contributed by atoms with Gasteiger partial charge >= 0.3 is 11.8 Å². The van der Waals surface area contributed by atoms with Crippen molar-refractivity contribution >= 4 is 34.1 Å². The maximum Gasteiger partial charge on any atom is 0.422 e. The molecule has 5 rings (SSSR count). The maximum absolute atomic E-state index is 13.6. The largest absolute Gasteiger partial charge is 0.423 e. The molecule has 1 unspecified atom stereocenters. The molecule has 4 aromatic rings. The molecule has 1 N–H and O–H groups in total. The van der Waals surface area contributed by atoms with Crippen molar-refractivity contribution in [1.29, 1.82) is 0 Å². The summed E-state index contributed by atoms with van der Waals surface area (Å²) in [6, 6.07) is 14.5. The summed E-state index contributed by atoms with van der Waals surface area (Å²) in [5.74, 6) is -0.828. The molecule has 1 aliphatic carbocycles. The highest BCUT2D eigenvalue weighted by molar-refractivity contribution is 8.01. The van der Waals surface area contributed by atoms with Gasteiger partial charge in [-0.25, -0.2) is 9.78 Å². The molecule has 0 spiro atoms. The minimum atomic E-state index is -4.76. The normalized spacial score (nSPS) is 16.2. The van der Waals surface area contributed by atoms with Gasteiger partial charge in [-0.15, -0.1) is 11.3 Å². The maximum atomic E-state index is 13.6. The Balaban J connectivity index is 1.48. The Labute approximate surface area is 195 Å². The summed E-state index contributed by atoms with van der Waals surface area (Å²) in [7, 11) is 0. The Morgan fingerprint density at radius 2 is 1.94 bits per heavy atom. The predicted octanol–water partition coefficient (Wildman–Crippen LogP) is 6.54. The van der Waals surface area contributed by atoms with Gasteiger partial charge in [-0.3, -0.25) is 0 Å². The van der Waals surface area contributed by atoms with Crippen LogP contribution in [0.4, 0.5) is 13.2 Å². The van der Waals surface area contributed by atoms with E-state index >= 15 is 0 Å². The molecular weight excluding hydrogens is 471 g/mol. The van der Waals surface area contributed by atoms with Crippen LogP contribution in [-0.4, -0.2) is 16.3 Å². The van der Waals surface area contributed by atoms with Gasteiger partial charge in [0.05, 0.1) is 4.88 Å². The van der Waals surface area contributed by atoms with Gasteiger partial charge < -0.3 is 9.52 Å². The van der Waals surface area contributed by atoms with E-state index in [9.17, 15) is 23.1 Å². The first kappa shape index (κ1) is 22.2. The number of fused-ring (bicyclic) bond motifs is 1. The number of aryl methyl sites for hydroxylation is 1. The smallest absolute Gasteiger partial charge is 0.422 e. The second-order valence-corrected chi connectivity index (χ2v) is 10.5. The number of thiazole rings is 1. The molecule has 0 aliphatic heterocycles. The van der Waals surface area contributed by atoms with Crippen LogP contribution in [-0.2, 0) is 5.60 Å². The number of aromatic nitrogens is 1. The number of rotatable bonds is 5. The fourth-order valence-electron chi connectivity index (χ4n) is 3.91. The molecule has 9 heteroatoms. The molecule has 0 amide bonds. The van der Waals surface area contributed by atoms with Gasteiger partial charge in [0.1, 0.15) is 5.58 Å². The van der Waals surface area contributed by atoms with Crippen LogP contribution in [0.25, 0.3) is 22.1 Å². The Bertz CT molecular complexity index is 1410. The SMILES string of the molecule is Cc1cccc(-c2cc(=O)oc3cc(Sc4ncc(C(O)(C5CC5)C(F)(F)F)s4)ccc23)c1. The average molecular weight is 490 g/mol. The summed E-state index contributed by atoms with van der Waals surface area (Å²) in [6.07, 6.45) is -2.98. The van der Waals surface area contributed by atoms with Gasteiger partial charge in [-0.1, -0.05) is 41.6 Å². The van der Waals surface area contributed by atoms with E-state index in [0.717, 1.165) is 51.4 Å². The summed E-state index contributed by atoms with van der Waals surface area (Å²) in [5, 5.41) is 11.2. The van der Waals surface area contributed by atoms with Crippen LogP contribution < -0.4 is 5.63 Å². The van der Waals surface area contributed by atoms with E-state index in [1.54, 1.807) is 6.07 Å². The number of hydrogen-bond acceptors (Lipinski definition) is 6. The zero-order valence-corrected chi connectivity index (χ0v) is 19.0. The highest BCUT2D eigenvalue weighted by Gasteiger charge is 2.63. The monoisotopic (exact) mass is 489 g/mol. The van der Waals surface area contributed by atoms with Gasteiger partial charge in [0, 0.05) is 28.5 Å². The number of hydrogen-bond donors (Lipinski definition) is 1. The second kappa shape index (κ2) is 8.00. The number of halogens is 3. The third-order valence-electron chi connectivity index (χ3n) is 5.71. The molecule has 2 heterocycles. The Kier molecular flexibility index (Phi) is 5.38. The molecular formula is C24H18F3NO3S2. The third-order valence-corrected chi connectivity index (χ3v) is 7.90. The lowest BCUT2D eigenvalue weighted by Crippen LogP contribution is -2.43. The van der Waals surface area contributed by atoms with Gasteiger partial charge in [0.2, 0.25) is 0 Å². The lowest BCUT2D eigenvalue weighted by molar-refractivity contribution is -0.274. The standard InChI is InChI=1S/C24H18F3NO3S2/c1-13-3-2-4-14(9-13)18-11-21(29)31-19-10-16(7-8-17(18)19)32-22-28-12-20(33-22)23(30,15-5-6-15)24(25,26)27/h2-4,7-12,15,30H,5-6H2,1H3. The first-order valence-electron chi connectivity index (χ1n) is 10.2.